The summed E-state index contributed by atoms with van der Waals surface area (Å²) in [6, 6.07) is 0. The lowest BCUT2D eigenvalue weighted by Crippen LogP contribution is -1.87. The van der Waals surface area contributed by atoms with E-state index in [4.69, 9.17) is 5.11 Å². The topological polar surface area (TPSA) is 41.8 Å². The number of aliphatic hydroxyl groups excluding tert-OH is 1. The Morgan fingerprint density at radius 3 is 3.00 bits per heavy atom. The molecule has 1 N–H and O–H groups in total. The van der Waals surface area contributed by atoms with Crippen LogP contribution in [-0.2, 0) is 4.74 Å². The first-order valence-electron chi connectivity index (χ1n) is 2.29. The van der Waals surface area contributed by atoms with Crippen molar-refractivity contribution < 1.29 is 9.84 Å². The summed E-state index contributed by atoms with van der Waals surface area (Å²) in [6.45, 7) is 5.33. The van der Waals surface area contributed by atoms with Crippen LogP contribution in [0.4, 0.5) is 0 Å². The average molecular weight is 115 g/mol. The molecule has 0 rings (SSSR count). The van der Waals surface area contributed by atoms with Gasteiger partial charge in [0.1, 0.15) is 6.20 Å². The fourth-order valence-corrected chi connectivity index (χ4v) is 0.263. The Bertz CT molecular complexity index is 98.6. The van der Waals surface area contributed by atoms with Gasteiger partial charge in [0.05, 0.1) is 6.61 Å². The molecule has 0 fully saturated rings. The lowest BCUT2D eigenvalue weighted by Gasteiger charge is -1.95. The van der Waals surface area contributed by atoms with Crippen LogP contribution in [0.25, 0.3) is 0 Å². The quantitative estimate of drug-likeness (QED) is 0.441. The van der Waals surface area contributed by atoms with Crippen LogP contribution in [0.15, 0.2) is 17.1 Å². The first-order valence-corrected chi connectivity index (χ1v) is 2.29. The molecule has 0 aromatic carbocycles. The number of aliphatic hydroxyl groups is 1. The molecule has 0 aliphatic heterocycles. The van der Waals surface area contributed by atoms with Crippen molar-refractivity contribution in [1.29, 1.82) is 0 Å². The summed E-state index contributed by atoms with van der Waals surface area (Å²) in [5.74, 6) is -0.192. The molecule has 0 saturated carbocycles. The summed E-state index contributed by atoms with van der Waals surface area (Å²) in [6.07, 6.45) is 1.14. The summed E-state index contributed by atoms with van der Waals surface area (Å²) in [4.78, 5) is 3.27. The van der Waals surface area contributed by atoms with Gasteiger partial charge >= 0.3 is 0 Å². The van der Waals surface area contributed by atoms with Gasteiger partial charge in [-0.25, -0.2) is 0 Å². The van der Waals surface area contributed by atoms with Gasteiger partial charge < -0.3 is 9.84 Å². The van der Waals surface area contributed by atoms with E-state index in [9.17, 15) is 0 Å². The largest absolute Gasteiger partial charge is 0.480 e. The predicted molar refractivity (Wildman–Crippen MR) is 31.9 cm³/mol. The van der Waals surface area contributed by atoms with E-state index in [1.165, 1.54) is 0 Å². The number of ether oxygens (including phenoxy) is 1. The van der Waals surface area contributed by atoms with Crippen LogP contribution in [0.1, 0.15) is 6.92 Å². The Morgan fingerprint density at radius 1 is 2.00 bits per heavy atom. The zero-order valence-corrected chi connectivity index (χ0v) is 4.79. The summed E-state index contributed by atoms with van der Waals surface area (Å²) < 4.78 is 4.57. The van der Waals surface area contributed by atoms with E-state index >= 15 is 0 Å². The van der Waals surface area contributed by atoms with Gasteiger partial charge in [-0.05, 0) is 13.6 Å². The Labute approximate surface area is 48.3 Å². The summed E-state index contributed by atoms with van der Waals surface area (Å²) in [7, 11) is 0. The smallest absolute Gasteiger partial charge is 0.295 e. The van der Waals surface area contributed by atoms with Crippen LogP contribution in [0.5, 0.6) is 0 Å². The van der Waals surface area contributed by atoms with Crippen molar-refractivity contribution in [2.24, 2.45) is 4.99 Å². The Balaban J connectivity index is 3.44. The van der Waals surface area contributed by atoms with Gasteiger partial charge in [0.25, 0.3) is 5.95 Å². The molecule has 0 aromatic heterocycles. The van der Waals surface area contributed by atoms with Crippen LogP contribution >= 0.6 is 0 Å². The minimum atomic E-state index is -0.192. The second-order valence-electron chi connectivity index (χ2n) is 1.08. The van der Waals surface area contributed by atoms with Crippen LogP contribution < -0.4 is 0 Å². The maximum atomic E-state index is 8.55. The highest BCUT2D eigenvalue weighted by Gasteiger charge is 1.84. The van der Waals surface area contributed by atoms with Crippen LogP contribution in [0.2, 0.25) is 0 Å². The maximum Gasteiger partial charge on any atom is 0.295 e. The van der Waals surface area contributed by atoms with E-state index in [1.807, 2.05) is 0 Å². The predicted octanol–water partition coefficient (Wildman–Crippen LogP) is 1.08. The molecule has 0 aliphatic carbocycles. The van der Waals surface area contributed by atoms with E-state index < -0.39 is 0 Å². The Hall–Kier alpha value is -0.990. The van der Waals surface area contributed by atoms with Crippen molar-refractivity contribution in [1.82, 2.24) is 0 Å². The fraction of sp³-hybridized carbons (Fsp3) is 0.400. The number of hydrogen-bond donors (Lipinski definition) is 1. The van der Waals surface area contributed by atoms with E-state index in [1.54, 1.807) is 6.92 Å². The summed E-state index contributed by atoms with van der Waals surface area (Å²) in [5.41, 5.74) is 0. The van der Waals surface area contributed by atoms with Gasteiger partial charge in [0, 0.05) is 0 Å². The second kappa shape index (κ2) is 4.18. The van der Waals surface area contributed by atoms with Gasteiger partial charge in [-0.3, -0.25) is 4.99 Å². The molecule has 46 valence electrons. The fourth-order valence-electron chi connectivity index (χ4n) is 0.263. The third-order valence-electron chi connectivity index (χ3n) is 0.494. The molecule has 0 aliphatic rings. The lowest BCUT2D eigenvalue weighted by atomic mass is 10.8. The highest BCUT2D eigenvalue weighted by molar-refractivity contribution is 5.25. The van der Waals surface area contributed by atoms with Crippen LogP contribution in [0, 0.1) is 0 Å². The number of aliphatic imine (C=N–C) groups is 1. The number of hydrogen-bond acceptors (Lipinski definition) is 3. The normalized spacial score (nSPS) is 10.9. The third-order valence-corrected chi connectivity index (χ3v) is 0.494. The summed E-state index contributed by atoms with van der Waals surface area (Å²) in [5, 5.41) is 8.55. The van der Waals surface area contributed by atoms with E-state index in [2.05, 4.69) is 16.4 Å². The van der Waals surface area contributed by atoms with E-state index in [-0.39, 0.29) is 5.95 Å². The average Bonchev–Trinajstić information content (AvgIpc) is 1.68. The van der Waals surface area contributed by atoms with Crippen LogP contribution in [0.3, 0.4) is 0 Å². The molecule has 3 heteroatoms. The van der Waals surface area contributed by atoms with Gasteiger partial charge in [-0.15, -0.1) is 0 Å². The van der Waals surface area contributed by atoms with Crippen molar-refractivity contribution >= 4 is 6.72 Å². The minimum Gasteiger partial charge on any atom is -0.480 e. The highest BCUT2D eigenvalue weighted by atomic mass is 16.6. The molecular weight excluding hydrogens is 106 g/mol. The Kier molecular flexibility index (Phi) is 3.66. The molecular formula is C5H9NO2. The van der Waals surface area contributed by atoms with Crippen molar-refractivity contribution in [3.63, 3.8) is 0 Å². The van der Waals surface area contributed by atoms with E-state index in [0.717, 1.165) is 6.20 Å². The van der Waals surface area contributed by atoms with Crippen LogP contribution in [-0.4, -0.2) is 18.4 Å². The number of nitrogens with zero attached hydrogens (tertiary/aromatic N) is 1. The van der Waals surface area contributed by atoms with Gasteiger partial charge in [-0.2, -0.15) is 0 Å². The number of rotatable bonds is 3. The maximum absolute atomic E-state index is 8.55. The molecule has 0 atom stereocenters. The molecule has 0 radical (unpaired) electrons. The highest BCUT2D eigenvalue weighted by Crippen LogP contribution is 1.88. The first-order chi connectivity index (χ1) is 3.81. The van der Waals surface area contributed by atoms with Crippen molar-refractivity contribution in [3.8, 4) is 0 Å². The van der Waals surface area contributed by atoms with Gasteiger partial charge in [0.2, 0.25) is 0 Å². The molecule has 0 amide bonds. The minimum absolute atomic E-state index is 0.192. The molecule has 0 saturated heterocycles. The second-order valence-corrected chi connectivity index (χ2v) is 1.08. The lowest BCUT2D eigenvalue weighted by molar-refractivity contribution is 0.101. The van der Waals surface area contributed by atoms with Crippen molar-refractivity contribution in [2.75, 3.05) is 6.61 Å². The van der Waals surface area contributed by atoms with Crippen molar-refractivity contribution in [2.45, 2.75) is 6.92 Å². The van der Waals surface area contributed by atoms with E-state index in [0.29, 0.717) is 6.61 Å². The molecule has 0 bridgehead atoms. The van der Waals surface area contributed by atoms with Gasteiger partial charge in [0.15, 0.2) is 0 Å². The zero-order chi connectivity index (χ0) is 6.41. The SMILES string of the molecule is C=N/C=C(/O)OCC. The first kappa shape index (κ1) is 7.01. The molecule has 0 aromatic rings. The molecule has 0 spiro atoms. The standard InChI is InChI=1S/C5H9NO2/c1-3-8-5(7)4-6-2/h4,7H,2-3H2,1H3/b5-4-. The molecule has 0 heterocycles. The molecule has 8 heavy (non-hydrogen) atoms. The zero-order valence-electron chi connectivity index (χ0n) is 4.79. The van der Waals surface area contributed by atoms with Crippen molar-refractivity contribution in [3.05, 3.63) is 12.1 Å². The Morgan fingerprint density at radius 2 is 2.62 bits per heavy atom. The molecule has 0 unspecified atom stereocenters. The summed E-state index contributed by atoms with van der Waals surface area (Å²) >= 11 is 0. The molecule has 3 nitrogen and oxygen atoms in total. The van der Waals surface area contributed by atoms with Gasteiger partial charge in [-0.1, -0.05) is 0 Å². The monoisotopic (exact) mass is 115 g/mol. The third kappa shape index (κ3) is 3.21.